The zero-order valence-electron chi connectivity index (χ0n) is 23.4. The highest BCUT2D eigenvalue weighted by Crippen LogP contribution is 2.35. The molecule has 5 rings (SSSR count). The number of hydrogen-bond acceptors (Lipinski definition) is 9. The number of amides is 2. The maximum atomic E-state index is 13.0. The van der Waals surface area contributed by atoms with Crippen LogP contribution in [-0.2, 0) is 35.6 Å². The minimum Gasteiger partial charge on any atom is -0.478 e. The summed E-state index contributed by atoms with van der Waals surface area (Å²) in [5, 5.41) is 15.2. The molecule has 5 N–H and O–H groups in total. The lowest BCUT2D eigenvalue weighted by Gasteiger charge is -2.15. The van der Waals surface area contributed by atoms with Crippen molar-refractivity contribution >= 4 is 29.9 Å². The normalized spacial score (nSPS) is 15.4. The van der Waals surface area contributed by atoms with Crippen molar-refractivity contribution in [3.8, 4) is 0 Å². The number of carboxylic acid groups (broad SMARTS) is 1. The van der Waals surface area contributed by atoms with E-state index >= 15 is 0 Å². The number of nitrogens with zero attached hydrogens (tertiary/aromatic N) is 3. The summed E-state index contributed by atoms with van der Waals surface area (Å²) in [5.41, 5.74) is 12.1. The number of Topliss-reactive ketones (excluding diaryl/α,β-unsaturated/α-hetero) is 1. The van der Waals surface area contributed by atoms with Crippen molar-refractivity contribution in [3.05, 3.63) is 105 Å². The van der Waals surface area contributed by atoms with Crippen LogP contribution in [0.2, 0.25) is 0 Å². The standard InChI is InChI=1S/C31H30N6O6/c1-17-23-6-7-26(25(23)5-4-24(17)31(42)43)36-30(41)28-10-27(34-16-35-28)29(40)33-11-18-2-3-19-12-37(13-20(19)8-18)14-21(32)9-22(39)15-38/h2-5,8,10,14-16,26H,6-7,9,11-13,32H2,1H3,(H,33,40)(H,36,41)(H,42,43)/b21-14-. The Bertz CT molecular complexity index is 1680. The van der Waals surface area contributed by atoms with Gasteiger partial charge >= 0.3 is 5.97 Å². The first kappa shape index (κ1) is 29.1. The van der Waals surface area contributed by atoms with Gasteiger partial charge in [0, 0.05) is 37.6 Å². The number of carboxylic acids is 1. The molecular formula is C31H30N6O6. The van der Waals surface area contributed by atoms with Gasteiger partial charge in [-0.3, -0.25) is 19.2 Å². The zero-order chi connectivity index (χ0) is 30.7. The van der Waals surface area contributed by atoms with Crippen molar-refractivity contribution in [2.24, 2.45) is 5.73 Å². The van der Waals surface area contributed by atoms with Crippen LogP contribution in [0.5, 0.6) is 0 Å². The van der Waals surface area contributed by atoms with Gasteiger partial charge in [-0.1, -0.05) is 24.3 Å². The van der Waals surface area contributed by atoms with Crippen molar-refractivity contribution in [2.45, 2.75) is 51.9 Å². The Morgan fingerprint density at radius 1 is 1.05 bits per heavy atom. The first-order chi connectivity index (χ1) is 20.6. The number of benzene rings is 2. The summed E-state index contributed by atoms with van der Waals surface area (Å²) in [6, 6.07) is 10.2. The molecule has 1 unspecified atom stereocenters. The molecule has 43 heavy (non-hydrogen) atoms. The zero-order valence-corrected chi connectivity index (χ0v) is 23.4. The second-order valence-electron chi connectivity index (χ2n) is 10.6. The predicted octanol–water partition coefficient (Wildman–Crippen LogP) is 2.10. The summed E-state index contributed by atoms with van der Waals surface area (Å²) in [7, 11) is 0. The number of nitrogens with two attached hydrogens (primary N) is 1. The molecule has 1 aliphatic heterocycles. The van der Waals surface area contributed by atoms with Crippen LogP contribution in [0.3, 0.4) is 0 Å². The molecular weight excluding hydrogens is 552 g/mol. The molecule has 1 atom stereocenters. The molecule has 1 aromatic heterocycles. The predicted molar refractivity (Wildman–Crippen MR) is 154 cm³/mol. The average Bonchev–Trinajstić information content (AvgIpc) is 3.59. The molecule has 0 bridgehead atoms. The third-order valence-corrected chi connectivity index (χ3v) is 7.69. The molecule has 0 saturated heterocycles. The van der Waals surface area contributed by atoms with Gasteiger partial charge in [-0.2, -0.15) is 0 Å². The lowest BCUT2D eigenvalue weighted by molar-refractivity contribution is -0.129. The van der Waals surface area contributed by atoms with E-state index in [9.17, 15) is 29.1 Å². The molecule has 1 aliphatic carbocycles. The molecule has 2 aliphatic rings. The van der Waals surface area contributed by atoms with Gasteiger partial charge in [-0.25, -0.2) is 14.8 Å². The van der Waals surface area contributed by atoms with Crippen LogP contribution in [0.4, 0.5) is 0 Å². The van der Waals surface area contributed by atoms with Crippen molar-refractivity contribution in [3.63, 3.8) is 0 Å². The number of aromatic carboxylic acids is 1. The van der Waals surface area contributed by atoms with Gasteiger partial charge in [0.05, 0.1) is 18.0 Å². The number of carbonyl (C=O) groups is 5. The van der Waals surface area contributed by atoms with E-state index in [2.05, 4.69) is 20.6 Å². The number of allylic oxidation sites excluding steroid dienone is 1. The van der Waals surface area contributed by atoms with Crippen molar-refractivity contribution in [1.29, 1.82) is 0 Å². The van der Waals surface area contributed by atoms with Crippen LogP contribution < -0.4 is 16.4 Å². The summed E-state index contributed by atoms with van der Waals surface area (Å²) in [4.78, 5) is 69.3. The Morgan fingerprint density at radius 2 is 1.79 bits per heavy atom. The third-order valence-electron chi connectivity index (χ3n) is 7.69. The van der Waals surface area contributed by atoms with Crippen LogP contribution in [0.25, 0.3) is 0 Å². The fraction of sp³-hybridized carbons (Fsp3) is 0.258. The number of nitrogens with one attached hydrogen (secondary N) is 2. The molecule has 0 spiro atoms. The van der Waals surface area contributed by atoms with Gasteiger partial charge in [0.2, 0.25) is 5.78 Å². The number of ketones is 1. The van der Waals surface area contributed by atoms with Gasteiger partial charge in [0.1, 0.15) is 17.7 Å². The van der Waals surface area contributed by atoms with Crippen LogP contribution in [0, 0.1) is 6.92 Å². The van der Waals surface area contributed by atoms with E-state index in [1.807, 2.05) is 23.1 Å². The fourth-order valence-electron chi connectivity index (χ4n) is 5.57. The maximum absolute atomic E-state index is 13.0. The van der Waals surface area contributed by atoms with E-state index in [0.29, 0.717) is 37.2 Å². The number of hydrogen-bond donors (Lipinski definition) is 4. The Balaban J connectivity index is 1.18. The molecule has 0 saturated carbocycles. The minimum atomic E-state index is -0.983. The van der Waals surface area contributed by atoms with E-state index in [1.165, 1.54) is 12.4 Å². The molecule has 0 fully saturated rings. The summed E-state index contributed by atoms with van der Waals surface area (Å²) in [6.45, 7) is 3.19. The molecule has 220 valence electrons. The molecule has 2 aromatic carbocycles. The molecule has 12 nitrogen and oxygen atoms in total. The van der Waals surface area contributed by atoms with Gasteiger partial charge < -0.3 is 26.4 Å². The van der Waals surface area contributed by atoms with Crippen molar-refractivity contribution < 1.29 is 29.1 Å². The molecule has 2 amide bonds. The van der Waals surface area contributed by atoms with Crippen LogP contribution in [0.1, 0.15) is 83.6 Å². The van der Waals surface area contributed by atoms with Gasteiger partial charge in [-0.15, -0.1) is 0 Å². The van der Waals surface area contributed by atoms with Gasteiger partial charge in [0.15, 0.2) is 6.29 Å². The second-order valence-corrected chi connectivity index (χ2v) is 10.6. The molecule has 2 heterocycles. The largest absolute Gasteiger partial charge is 0.478 e. The number of aromatic nitrogens is 2. The van der Waals surface area contributed by atoms with E-state index in [4.69, 9.17) is 5.73 Å². The number of fused-ring (bicyclic) bond motifs is 2. The first-order valence-electron chi connectivity index (χ1n) is 13.7. The number of carbonyl (C=O) groups excluding carboxylic acids is 4. The molecule has 0 radical (unpaired) electrons. The summed E-state index contributed by atoms with van der Waals surface area (Å²) in [5.74, 6) is -2.48. The average molecular weight is 583 g/mol. The fourth-order valence-corrected chi connectivity index (χ4v) is 5.57. The minimum absolute atomic E-state index is 0.0479. The summed E-state index contributed by atoms with van der Waals surface area (Å²) < 4.78 is 0. The quantitative estimate of drug-likeness (QED) is 0.204. The molecule has 12 heteroatoms. The topological polar surface area (TPSA) is 185 Å². The summed E-state index contributed by atoms with van der Waals surface area (Å²) >= 11 is 0. The first-order valence-corrected chi connectivity index (χ1v) is 13.7. The van der Waals surface area contributed by atoms with Crippen molar-refractivity contribution in [2.75, 3.05) is 0 Å². The smallest absolute Gasteiger partial charge is 0.335 e. The van der Waals surface area contributed by atoms with E-state index in [0.717, 1.165) is 27.8 Å². The van der Waals surface area contributed by atoms with E-state index < -0.39 is 23.6 Å². The number of rotatable bonds is 10. The Kier molecular flexibility index (Phi) is 8.28. The Hall–Kier alpha value is -5.39. The van der Waals surface area contributed by atoms with E-state index in [1.54, 1.807) is 25.3 Å². The van der Waals surface area contributed by atoms with Crippen LogP contribution in [-0.4, -0.2) is 49.8 Å². The lowest BCUT2D eigenvalue weighted by Crippen LogP contribution is -2.29. The van der Waals surface area contributed by atoms with E-state index in [-0.39, 0.29) is 42.2 Å². The SMILES string of the molecule is Cc1c(C(=O)O)ccc2c1CCC2NC(=O)c1cc(C(=O)NCc2ccc3c(c2)CN(/C=C(\N)CC(=O)C=O)C3)ncn1. The van der Waals surface area contributed by atoms with Crippen LogP contribution >= 0.6 is 0 Å². The highest BCUT2D eigenvalue weighted by Gasteiger charge is 2.28. The maximum Gasteiger partial charge on any atom is 0.335 e. The highest BCUT2D eigenvalue weighted by molar-refractivity contribution is 6.25. The Labute approximate surface area is 247 Å². The van der Waals surface area contributed by atoms with Gasteiger partial charge in [-0.05, 0) is 59.2 Å². The molecule has 3 aromatic rings. The van der Waals surface area contributed by atoms with Crippen LogP contribution in [0.15, 0.2) is 54.6 Å². The van der Waals surface area contributed by atoms with Crippen molar-refractivity contribution in [1.82, 2.24) is 25.5 Å². The monoisotopic (exact) mass is 582 g/mol. The number of aldehydes is 1. The highest BCUT2D eigenvalue weighted by atomic mass is 16.4. The lowest BCUT2D eigenvalue weighted by atomic mass is 9.98. The Morgan fingerprint density at radius 3 is 2.53 bits per heavy atom. The van der Waals surface area contributed by atoms with Gasteiger partial charge in [0.25, 0.3) is 11.8 Å². The third kappa shape index (κ3) is 6.43. The summed E-state index contributed by atoms with van der Waals surface area (Å²) in [6.07, 6.45) is 4.26. The second kappa shape index (κ2) is 12.2.